The van der Waals surface area contributed by atoms with Crippen molar-refractivity contribution < 1.29 is 4.74 Å². The molecule has 0 amide bonds. The molecule has 2 rings (SSSR count). The van der Waals surface area contributed by atoms with E-state index in [1.807, 2.05) is 55.5 Å². The lowest BCUT2D eigenvalue weighted by atomic mass is 10.2. The highest BCUT2D eigenvalue weighted by Crippen LogP contribution is 2.15. The molecule has 2 aromatic rings. The zero-order valence-corrected chi connectivity index (χ0v) is 14.3. The Balaban J connectivity index is 1.84. The number of benzene rings is 2. The molecule has 0 atom stereocenters. The van der Waals surface area contributed by atoms with E-state index in [-0.39, 0.29) is 0 Å². The molecule has 23 heavy (non-hydrogen) atoms. The standard InChI is InChI=1S/C17H18ClN3OS/c1-2-19-17(23)21-20-11-13-6-8-16(9-7-13)22-12-14-4-3-5-15(18)10-14/h3-11H,2,12H2,1H3,(H2,19,21,23)/b20-11-. The maximum Gasteiger partial charge on any atom is 0.186 e. The maximum absolute atomic E-state index is 5.95. The molecule has 2 N–H and O–H groups in total. The molecule has 0 bridgehead atoms. The Morgan fingerprint density at radius 3 is 2.74 bits per heavy atom. The normalized spacial score (nSPS) is 10.5. The Labute approximate surface area is 146 Å². The number of nitrogens with one attached hydrogen (secondary N) is 2. The highest BCUT2D eigenvalue weighted by atomic mass is 35.5. The van der Waals surface area contributed by atoms with Crippen LogP contribution in [0.3, 0.4) is 0 Å². The molecule has 0 radical (unpaired) electrons. The molecule has 4 nitrogen and oxygen atoms in total. The number of ether oxygens (including phenoxy) is 1. The second-order valence-electron chi connectivity index (χ2n) is 4.72. The van der Waals surface area contributed by atoms with E-state index in [1.165, 1.54) is 0 Å². The monoisotopic (exact) mass is 347 g/mol. The zero-order valence-electron chi connectivity index (χ0n) is 12.8. The maximum atomic E-state index is 5.95. The predicted molar refractivity (Wildman–Crippen MR) is 99.2 cm³/mol. The van der Waals surface area contributed by atoms with Crippen molar-refractivity contribution in [1.82, 2.24) is 10.7 Å². The smallest absolute Gasteiger partial charge is 0.186 e. The van der Waals surface area contributed by atoms with Crippen LogP contribution in [0, 0.1) is 0 Å². The Hall–Kier alpha value is -2.11. The number of hydrogen-bond donors (Lipinski definition) is 2. The molecule has 0 fully saturated rings. The highest BCUT2D eigenvalue weighted by molar-refractivity contribution is 7.80. The van der Waals surface area contributed by atoms with Gasteiger partial charge in [0.25, 0.3) is 0 Å². The summed E-state index contributed by atoms with van der Waals surface area (Å²) in [6, 6.07) is 15.3. The first-order valence-corrected chi connectivity index (χ1v) is 8.00. The molecule has 2 aromatic carbocycles. The number of hydrazone groups is 1. The Bertz CT molecular complexity index is 674. The van der Waals surface area contributed by atoms with Gasteiger partial charge in [-0.3, -0.25) is 5.43 Å². The van der Waals surface area contributed by atoms with E-state index in [4.69, 9.17) is 28.6 Å². The van der Waals surface area contributed by atoms with Crippen molar-refractivity contribution in [2.45, 2.75) is 13.5 Å². The van der Waals surface area contributed by atoms with Crippen LogP contribution >= 0.6 is 23.8 Å². The van der Waals surface area contributed by atoms with Crippen LogP contribution in [-0.2, 0) is 6.61 Å². The van der Waals surface area contributed by atoms with Gasteiger partial charge in [0.2, 0.25) is 0 Å². The topological polar surface area (TPSA) is 45.7 Å². The van der Waals surface area contributed by atoms with Crippen molar-refractivity contribution >= 4 is 35.1 Å². The lowest BCUT2D eigenvalue weighted by Crippen LogP contribution is -2.31. The lowest BCUT2D eigenvalue weighted by Gasteiger charge is -2.07. The molecule has 0 saturated heterocycles. The Kier molecular flexibility index (Phi) is 6.84. The van der Waals surface area contributed by atoms with E-state index >= 15 is 0 Å². The van der Waals surface area contributed by atoms with E-state index in [1.54, 1.807) is 6.21 Å². The van der Waals surface area contributed by atoms with Gasteiger partial charge >= 0.3 is 0 Å². The number of hydrogen-bond acceptors (Lipinski definition) is 3. The van der Waals surface area contributed by atoms with E-state index in [2.05, 4.69) is 15.8 Å². The summed E-state index contributed by atoms with van der Waals surface area (Å²) in [7, 11) is 0. The third kappa shape index (κ3) is 6.26. The lowest BCUT2D eigenvalue weighted by molar-refractivity contribution is 0.306. The van der Waals surface area contributed by atoms with Gasteiger partial charge in [-0.2, -0.15) is 5.10 Å². The minimum atomic E-state index is 0.479. The van der Waals surface area contributed by atoms with Crippen molar-refractivity contribution in [2.24, 2.45) is 5.10 Å². The average Bonchev–Trinajstić information content (AvgIpc) is 2.54. The summed E-state index contributed by atoms with van der Waals surface area (Å²) in [5.41, 5.74) is 4.73. The molecular weight excluding hydrogens is 330 g/mol. The van der Waals surface area contributed by atoms with Crippen LogP contribution in [-0.4, -0.2) is 17.9 Å². The molecule has 0 heterocycles. The van der Waals surface area contributed by atoms with E-state index in [0.29, 0.717) is 16.7 Å². The summed E-state index contributed by atoms with van der Waals surface area (Å²) >= 11 is 11.0. The second-order valence-corrected chi connectivity index (χ2v) is 5.56. The fourth-order valence-corrected chi connectivity index (χ4v) is 2.22. The molecule has 0 spiro atoms. The fraction of sp³-hybridized carbons (Fsp3) is 0.176. The highest BCUT2D eigenvalue weighted by Gasteiger charge is 1.97. The first-order chi connectivity index (χ1) is 11.2. The number of nitrogens with zero attached hydrogens (tertiary/aromatic N) is 1. The summed E-state index contributed by atoms with van der Waals surface area (Å²) in [6.07, 6.45) is 1.70. The summed E-state index contributed by atoms with van der Waals surface area (Å²) in [6.45, 7) is 3.21. The van der Waals surface area contributed by atoms with Gasteiger partial charge in [-0.1, -0.05) is 23.7 Å². The van der Waals surface area contributed by atoms with Gasteiger partial charge < -0.3 is 10.1 Å². The van der Waals surface area contributed by atoms with E-state index in [9.17, 15) is 0 Å². The average molecular weight is 348 g/mol. The van der Waals surface area contributed by atoms with Gasteiger partial charge in [-0.25, -0.2) is 0 Å². The summed E-state index contributed by atoms with van der Waals surface area (Å²) in [5, 5.41) is 8.23. The molecule has 0 unspecified atom stereocenters. The van der Waals surface area contributed by atoms with Gasteiger partial charge in [0.15, 0.2) is 5.11 Å². The van der Waals surface area contributed by atoms with Crippen LogP contribution in [0.15, 0.2) is 53.6 Å². The van der Waals surface area contributed by atoms with Gasteiger partial charge in [-0.05, 0) is 66.7 Å². The molecule has 0 aromatic heterocycles. The third-order valence-electron chi connectivity index (χ3n) is 2.89. The predicted octanol–water partition coefficient (Wildman–Crippen LogP) is 3.74. The third-order valence-corrected chi connectivity index (χ3v) is 3.36. The minimum absolute atomic E-state index is 0.479. The van der Waals surface area contributed by atoms with Gasteiger partial charge in [-0.15, -0.1) is 0 Å². The number of thiocarbonyl (C=S) groups is 1. The molecule has 0 aliphatic carbocycles. The van der Waals surface area contributed by atoms with Crippen LogP contribution in [0.5, 0.6) is 5.75 Å². The van der Waals surface area contributed by atoms with Crippen LogP contribution in [0.1, 0.15) is 18.1 Å². The van der Waals surface area contributed by atoms with Crippen molar-refractivity contribution in [3.05, 3.63) is 64.7 Å². The van der Waals surface area contributed by atoms with Gasteiger partial charge in [0.1, 0.15) is 12.4 Å². The molecule has 0 saturated carbocycles. The molecular formula is C17H18ClN3OS. The van der Waals surface area contributed by atoms with Crippen LogP contribution in [0.2, 0.25) is 5.02 Å². The van der Waals surface area contributed by atoms with E-state index < -0.39 is 0 Å². The SMILES string of the molecule is CCNC(=S)N/N=C\c1ccc(OCc2cccc(Cl)c2)cc1. The zero-order chi connectivity index (χ0) is 16.5. The second kappa shape index (κ2) is 9.12. The number of rotatable bonds is 6. The van der Waals surface area contributed by atoms with Gasteiger partial charge in [0, 0.05) is 11.6 Å². The summed E-state index contributed by atoms with van der Waals surface area (Å²) in [5.74, 6) is 0.790. The number of halogens is 1. The fourth-order valence-electron chi connectivity index (χ4n) is 1.81. The first-order valence-electron chi connectivity index (χ1n) is 7.21. The van der Waals surface area contributed by atoms with Crippen molar-refractivity contribution in [3.8, 4) is 5.75 Å². The van der Waals surface area contributed by atoms with Crippen molar-refractivity contribution in [2.75, 3.05) is 6.54 Å². The summed E-state index contributed by atoms with van der Waals surface area (Å²) in [4.78, 5) is 0. The molecule has 6 heteroatoms. The van der Waals surface area contributed by atoms with Crippen LogP contribution in [0.4, 0.5) is 0 Å². The first kappa shape index (κ1) is 17.2. The van der Waals surface area contributed by atoms with Gasteiger partial charge in [0.05, 0.1) is 6.21 Å². The van der Waals surface area contributed by atoms with Crippen LogP contribution < -0.4 is 15.5 Å². The van der Waals surface area contributed by atoms with Crippen molar-refractivity contribution in [1.29, 1.82) is 0 Å². The Morgan fingerprint density at radius 2 is 2.04 bits per heavy atom. The van der Waals surface area contributed by atoms with E-state index in [0.717, 1.165) is 23.4 Å². The largest absolute Gasteiger partial charge is 0.489 e. The Morgan fingerprint density at radius 1 is 1.26 bits per heavy atom. The molecule has 0 aliphatic heterocycles. The molecule has 0 aliphatic rings. The summed E-state index contributed by atoms with van der Waals surface area (Å²) < 4.78 is 5.73. The van der Waals surface area contributed by atoms with Crippen molar-refractivity contribution in [3.63, 3.8) is 0 Å². The quantitative estimate of drug-likeness (QED) is 0.475. The van der Waals surface area contributed by atoms with Crippen LogP contribution in [0.25, 0.3) is 0 Å². The molecule has 120 valence electrons. The minimum Gasteiger partial charge on any atom is -0.489 e.